The normalized spacial score (nSPS) is 16.2. The van der Waals surface area contributed by atoms with Crippen LogP contribution in [0.1, 0.15) is 12.5 Å². The van der Waals surface area contributed by atoms with E-state index in [-0.39, 0.29) is 12.4 Å². The van der Waals surface area contributed by atoms with Crippen LogP contribution in [0, 0.1) is 5.82 Å². The van der Waals surface area contributed by atoms with Crippen LogP contribution in [0.5, 0.6) is 11.5 Å². The van der Waals surface area contributed by atoms with Gasteiger partial charge < -0.3 is 19.5 Å². The number of allylic oxidation sites excluding steroid dienone is 1. The molecule has 0 amide bonds. The molecule has 0 aromatic heterocycles. The molecule has 1 saturated heterocycles. The second kappa shape index (κ2) is 10.3. The Balaban J connectivity index is 1.45. The van der Waals surface area contributed by atoms with Crippen molar-refractivity contribution in [2.45, 2.75) is 13.0 Å². The van der Waals surface area contributed by atoms with Crippen molar-refractivity contribution in [3.63, 3.8) is 0 Å². The van der Waals surface area contributed by atoms with Crippen LogP contribution in [0.3, 0.4) is 0 Å². The van der Waals surface area contributed by atoms with Gasteiger partial charge in [0.2, 0.25) is 0 Å². The van der Waals surface area contributed by atoms with Gasteiger partial charge in [0.15, 0.2) is 11.5 Å². The fourth-order valence-corrected chi connectivity index (χ4v) is 3.48. The molecule has 2 aromatic carbocycles. The number of piperazine rings is 1. The maximum atomic E-state index is 13.1. The lowest BCUT2D eigenvalue weighted by atomic mass is 10.2. The Hall–Kier alpha value is -2.57. The molecule has 2 aromatic rings. The third-order valence-corrected chi connectivity index (χ3v) is 5.01. The van der Waals surface area contributed by atoms with Crippen molar-refractivity contribution in [2.24, 2.45) is 0 Å². The smallest absolute Gasteiger partial charge is 0.161 e. The van der Waals surface area contributed by atoms with Gasteiger partial charge in [-0.3, -0.25) is 4.90 Å². The van der Waals surface area contributed by atoms with E-state index in [0.29, 0.717) is 18.0 Å². The van der Waals surface area contributed by atoms with Crippen molar-refractivity contribution < 1.29 is 19.0 Å². The number of aliphatic hydroxyl groups excluding tert-OH is 1. The molecule has 1 aliphatic heterocycles. The zero-order valence-corrected chi connectivity index (χ0v) is 17.1. The predicted molar refractivity (Wildman–Crippen MR) is 114 cm³/mol. The highest BCUT2D eigenvalue weighted by Crippen LogP contribution is 2.28. The van der Waals surface area contributed by atoms with Crippen LogP contribution >= 0.6 is 0 Å². The number of ether oxygens (including phenoxy) is 2. The summed E-state index contributed by atoms with van der Waals surface area (Å²) in [6.07, 6.45) is 3.37. The minimum atomic E-state index is -0.590. The summed E-state index contributed by atoms with van der Waals surface area (Å²) in [5, 5.41) is 10.4. The molecule has 1 unspecified atom stereocenters. The monoisotopic (exact) mass is 400 g/mol. The van der Waals surface area contributed by atoms with Crippen LogP contribution in [-0.4, -0.2) is 62.6 Å². The van der Waals surface area contributed by atoms with Crippen LogP contribution < -0.4 is 14.4 Å². The molecule has 0 spiro atoms. The van der Waals surface area contributed by atoms with Gasteiger partial charge in [-0.05, 0) is 48.9 Å². The maximum Gasteiger partial charge on any atom is 0.161 e. The highest BCUT2D eigenvalue weighted by molar-refractivity contribution is 5.55. The minimum absolute atomic E-state index is 0.206. The van der Waals surface area contributed by atoms with Crippen LogP contribution in [0.2, 0.25) is 0 Å². The first-order valence-corrected chi connectivity index (χ1v) is 9.93. The molecule has 1 fully saturated rings. The quantitative estimate of drug-likeness (QED) is 0.736. The van der Waals surface area contributed by atoms with Gasteiger partial charge in [0.1, 0.15) is 18.5 Å². The van der Waals surface area contributed by atoms with E-state index in [9.17, 15) is 9.50 Å². The van der Waals surface area contributed by atoms with Gasteiger partial charge in [-0.15, -0.1) is 0 Å². The molecule has 29 heavy (non-hydrogen) atoms. The van der Waals surface area contributed by atoms with Gasteiger partial charge in [-0.25, -0.2) is 4.39 Å². The number of halogens is 1. The molecule has 1 aliphatic rings. The molecule has 3 rings (SSSR count). The largest absolute Gasteiger partial charge is 0.493 e. The Bertz CT molecular complexity index is 802. The first-order valence-electron chi connectivity index (χ1n) is 9.93. The summed E-state index contributed by atoms with van der Waals surface area (Å²) in [5.41, 5.74) is 2.07. The molecule has 0 radical (unpaired) electrons. The SMILES string of the molecule is C/C=C/c1ccc(OCC(O)CN2CCN(c3ccc(F)cc3)CC2)c(OC)c1. The number of rotatable bonds is 8. The summed E-state index contributed by atoms with van der Waals surface area (Å²) in [6.45, 7) is 6.10. The molecule has 6 heteroatoms. The van der Waals surface area contributed by atoms with E-state index < -0.39 is 6.10 Å². The maximum absolute atomic E-state index is 13.1. The van der Waals surface area contributed by atoms with Gasteiger partial charge >= 0.3 is 0 Å². The molecule has 5 nitrogen and oxygen atoms in total. The molecular weight excluding hydrogens is 371 g/mol. The van der Waals surface area contributed by atoms with Crippen molar-refractivity contribution in [3.05, 3.63) is 59.9 Å². The van der Waals surface area contributed by atoms with Crippen LogP contribution in [0.4, 0.5) is 10.1 Å². The lowest BCUT2D eigenvalue weighted by Gasteiger charge is -2.36. The number of aliphatic hydroxyl groups is 1. The molecule has 156 valence electrons. The number of hydrogen-bond donors (Lipinski definition) is 1. The summed E-state index contributed by atoms with van der Waals surface area (Å²) in [6, 6.07) is 12.3. The van der Waals surface area contributed by atoms with Gasteiger partial charge in [-0.1, -0.05) is 18.2 Å². The topological polar surface area (TPSA) is 45.2 Å². The van der Waals surface area contributed by atoms with Crippen molar-refractivity contribution in [1.29, 1.82) is 0 Å². The molecule has 0 aliphatic carbocycles. The third-order valence-electron chi connectivity index (χ3n) is 5.01. The van der Waals surface area contributed by atoms with Crippen molar-refractivity contribution >= 4 is 11.8 Å². The molecular formula is C23H29FN2O3. The predicted octanol–water partition coefficient (Wildman–Crippen LogP) is 3.43. The van der Waals surface area contributed by atoms with Crippen molar-refractivity contribution in [3.8, 4) is 11.5 Å². The van der Waals surface area contributed by atoms with Gasteiger partial charge in [0.05, 0.1) is 7.11 Å². The van der Waals surface area contributed by atoms with Crippen LogP contribution in [0.25, 0.3) is 6.08 Å². The molecule has 1 heterocycles. The van der Waals surface area contributed by atoms with E-state index in [1.807, 2.05) is 49.4 Å². The molecule has 0 bridgehead atoms. The molecule has 0 saturated carbocycles. The first-order chi connectivity index (χ1) is 14.1. The van der Waals surface area contributed by atoms with Gasteiger partial charge in [0.25, 0.3) is 0 Å². The highest BCUT2D eigenvalue weighted by atomic mass is 19.1. The Morgan fingerprint density at radius 3 is 2.45 bits per heavy atom. The fraction of sp³-hybridized carbons (Fsp3) is 0.391. The number of anilines is 1. The van der Waals surface area contributed by atoms with Crippen molar-refractivity contribution in [1.82, 2.24) is 4.90 Å². The number of nitrogens with zero attached hydrogens (tertiary/aromatic N) is 2. The van der Waals surface area contributed by atoms with Crippen LogP contribution in [-0.2, 0) is 0 Å². The fourth-order valence-electron chi connectivity index (χ4n) is 3.48. The average Bonchev–Trinajstić information content (AvgIpc) is 2.74. The second-order valence-corrected chi connectivity index (χ2v) is 7.14. The number of methoxy groups -OCH3 is 1. The first kappa shape index (κ1) is 21.1. The van der Waals surface area contributed by atoms with Crippen LogP contribution in [0.15, 0.2) is 48.5 Å². The third kappa shape index (κ3) is 5.95. The summed E-state index contributed by atoms with van der Waals surface area (Å²) >= 11 is 0. The van der Waals surface area contributed by atoms with Gasteiger partial charge in [0, 0.05) is 38.4 Å². The second-order valence-electron chi connectivity index (χ2n) is 7.14. The minimum Gasteiger partial charge on any atom is -0.493 e. The van der Waals surface area contributed by atoms with E-state index in [4.69, 9.17) is 9.47 Å². The van der Waals surface area contributed by atoms with Gasteiger partial charge in [-0.2, -0.15) is 0 Å². The number of benzene rings is 2. The lowest BCUT2D eigenvalue weighted by molar-refractivity contribution is 0.0653. The summed E-state index contributed by atoms with van der Waals surface area (Å²) in [4.78, 5) is 4.45. The molecule has 1 atom stereocenters. The Morgan fingerprint density at radius 1 is 1.07 bits per heavy atom. The number of hydrogen-bond acceptors (Lipinski definition) is 5. The lowest BCUT2D eigenvalue weighted by Crippen LogP contribution is -2.49. The average molecular weight is 400 g/mol. The van der Waals surface area contributed by atoms with E-state index in [1.165, 1.54) is 12.1 Å². The van der Waals surface area contributed by atoms with E-state index in [2.05, 4.69) is 9.80 Å². The number of β-amino-alcohol motifs (C(OH)–C–C–N with tert-alkyl or cyclic N) is 1. The van der Waals surface area contributed by atoms with Crippen molar-refractivity contribution in [2.75, 3.05) is 51.3 Å². The standard InChI is InChI=1S/C23H29FN2O3/c1-3-4-18-5-10-22(23(15-18)28-2)29-17-21(27)16-25-11-13-26(14-12-25)20-8-6-19(24)7-9-20/h3-10,15,21,27H,11-14,16-17H2,1-2H3/b4-3+. The zero-order valence-electron chi connectivity index (χ0n) is 17.1. The van der Waals surface area contributed by atoms with E-state index in [0.717, 1.165) is 37.4 Å². The zero-order chi connectivity index (χ0) is 20.6. The Kier molecular flexibility index (Phi) is 7.49. The highest BCUT2D eigenvalue weighted by Gasteiger charge is 2.20. The summed E-state index contributed by atoms with van der Waals surface area (Å²) in [7, 11) is 1.61. The Morgan fingerprint density at radius 2 is 1.79 bits per heavy atom. The summed E-state index contributed by atoms with van der Waals surface area (Å²) < 4.78 is 24.3. The Labute approximate surface area is 172 Å². The van der Waals surface area contributed by atoms with E-state index in [1.54, 1.807) is 7.11 Å². The summed E-state index contributed by atoms with van der Waals surface area (Å²) in [5.74, 6) is 1.06. The van der Waals surface area contributed by atoms with E-state index >= 15 is 0 Å². The molecule has 1 N–H and O–H groups in total.